The second kappa shape index (κ2) is 6.78. The zero-order chi connectivity index (χ0) is 17.2. The van der Waals surface area contributed by atoms with Gasteiger partial charge in [0.1, 0.15) is 23.1 Å². The van der Waals surface area contributed by atoms with Crippen LogP contribution in [0.15, 0.2) is 22.6 Å². The molecule has 0 bridgehead atoms. The molecule has 1 aromatic heterocycles. The molecule has 1 saturated heterocycles. The average Bonchev–Trinajstić information content (AvgIpc) is 3.00. The van der Waals surface area contributed by atoms with Crippen LogP contribution in [0, 0.1) is 0 Å². The number of furan rings is 1. The van der Waals surface area contributed by atoms with E-state index in [9.17, 15) is 9.59 Å². The lowest BCUT2D eigenvalue weighted by Crippen LogP contribution is -2.51. The maximum absolute atomic E-state index is 12.0. The maximum Gasteiger partial charge on any atom is 0.258 e. The van der Waals surface area contributed by atoms with Crippen molar-refractivity contribution in [1.29, 1.82) is 0 Å². The summed E-state index contributed by atoms with van der Waals surface area (Å²) in [5.74, 6) is 1.33. The molecule has 6 heteroatoms. The SMILES string of the molecule is O=C(COc1ccc2oc3c(c2c1)CCCC3)N[C@@H]1CCCNC1=O. The largest absolute Gasteiger partial charge is 0.484 e. The first-order valence-corrected chi connectivity index (χ1v) is 8.95. The topological polar surface area (TPSA) is 80.6 Å². The van der Waals surface area contributed by atoms with Crippen LogP contribution >= 0.6 is 0 Å². The van der Waals surface area contributed by atoms with Crippen LogP contribution < -0.4 is 15.4 Å². The summed E-state index contributed by atoms with van der Waals surface area (Å²) in [5.41, 5.74) is 2.15. The molecule has 2 amide bonds. The van der Waals surface area contributed by atoms with Crippen molar-refractivity contribution in [3.05, 3.63) is 29.5 Å². The van der Waals surface area contributed by atoms with Crippen molar-refractivity contribution in [2.24, 2.45) is 0 Å². The van der Waals surface area contributed by atoms with E-state index in [4.69, 9.17) is 9.15 Å². The molecule has 0 radical (unpaired) electrons. The Kier molecular flexibility index (Phi) is 4.34. The minimum Gasteiger partial charge on any atom is -0.484 e. The Bertz CT molecular complexity index is 811. The van der Waals surface area contributed by atoms with Gasteiger partial charge < -0.3 is 19.8 Å². The highest BCUT2D eigenvalue weighted by Crippen LogP contribution is 2.33. The molecule has 1 atom stereocenters. The summed E-state index contributed by atoms with van der Waals surface area (Å²) in [6.45, 7) is 0.575. The van der Waals surface area contributed by atoms with Gasteiger partial charge in [-0.05, 0) is 50.3 Å². The highest BCUT2D eigenvalue weighted by Gasteiger charge is 2.23. The lowest BCUT2D eigenvalue weighted by atomic mass is 9.96. The highest BCUT2D eigenvalue weighted by molar-refractivity contribution is 5.88. The zero-order valence-electron chi connectivity index (χ0n) is 14.1. The van der Waals surface area contributed by atoms with E-state index in [1.165, 1.54) is 18.4 Å². The fraction of sp³-hybridized carbons (Fsp3) is 0.474. The third kappa shape index (κ3) is 3.34. The number of piperidine rings is 1. The molecule has 2 heterocycles. The van der Waals surface area contributed by atoms with Gasteiger partial charge in [-0.1, -0.05) is 0 Å². The maximum atomic E-state index is 12.0. The number of rotatable bonds is 4. The van der Waals surface area contributed by atoms with Gasteiger partial charge in [-0.25, -0.2) is 0 Å². The first-order chi connectivity index (χ1) is 12.2. The highest BCUT2D eigenvalue weighted by atomic mass is 16.5. The van der Waals surface area contributed by atoms with Crippen LogP contribution in [0.2, 0.25) is 0 Å². The molecule has 1 aromatic carbocycles. The molecule has 2 aliphatic rings. The molecule has 132 valence electrons. The number of amides is 2. The van der Waals surface area contributed by atoms with E-state index in [2.05, 4.69) is 10.6 Å². The average molecular weight is 342 g/mol. The first-order valence-electron chi connectivity index (χ1n) is 8.95. The van der Waals surface area contributed by atoms with E-state index in [1.807, 2.05) is 18.2 Å². The molecule has 0 saturated carbocycles. The quantitative estimate of drug-likeness (QED) is 0.891. The van der Waals surface area contributed by atoms with Crippen LogP contribution in [0.4, 0.5) is 0 Å². The first kappa shape index (κ1) is 16.0. The molecule has 0 unspecified atom stereocenters. The number of hydrogen-bond donors (Lipinski definition) is 2. The molecule has 1 aliphatic heterocycles. The van der Waals surface area contributed by atoms with E-state index in [1.54, 1.807) is 0 Å². The third-order valence-electron chi connectivity index (χ3n) is 4.92. The van der Waals surface area contributed by atoms with Crippen LogP contribution in [0.5, 0.6) is 5.75 Å². The van der Waals surface area contributed by atoms with E-state index < -0.39 is 6.04 Å². The van der Waals surface area contributed by atoms with Gasteiger partial charge in [-0.3, -0.25) is 9.59 Å². The number of hydrogen-bond acceptors (Lipinski definition) is 4. The van der Waals surface area contributed by atoms with Gasteiger partial charge in [0.15, 0.2) is 6.61 Å². The third-order valence-corrected chi connectivity index (χ3v) is 4.92. The molecule has 2 aromatic rings. The number of fused-ring (bicyclic) bond motifs is 3. The van der Waals surface area contributed by atoms with Crippen molar-refractivity contribution >= 4 is 22.8 Å². The summed E-state index contributed by atoms with van der Waals surface area (Å²) in [5, 5.41) is 6.56. The fourth-order valence-corrected chi connectivity index (χ4v) is 3.63. The molecule has 25 heavy (non-hydrogen) atoms. The summed E-state index contributed by atoms with van der Waals surface area (Å²) in [7, 11) is 0. The smallest absolute Gasteiger partial charge is 0.258 e. The minimum absolute atomic E-state index is 0.102. The molecule has 1 fully saturated rings. The number of ether oxygens (including phenoxy) is 1. The molecular formula is C19H22N2O4. The summed E-state index contributed by atoms with van der Waals surface area (Å²) in [6, 6.07) is 5.21. The van der Waals surface area contributed by atoms with Gasteiger partial charge in [-0.2, -0.15) is 0 Å². The monoisotopic (exact) mass is 342 g/mol. The van der Waals surface area contributed by atoms with Gasteiger partial charge in [-0.15, -0.1) is 0 Å². The van der Waals surface area contributed by atoms with Crippen molar-refractivity contribution in [3.8, 4) is 5.75 Å². The Morgan fingerprint density at radius 1 is 1.28 bits per heavy atom. The predicted molar refractivity (Wildman–Crippen MR) is 92.5 cm³/mol. The van der Waals surface area contributed by atoms with Gasteiger partial charge in [0.2, 0.25) is 5.91 Å². The Balaban J connectivity index is 1.40. The van der Waals surface area contributed by atoms with Gasteiger partial charge in [0.05, 0.1) is 0 Å². The Hall–Kier alpha value is -2.50. The van der Waals surface area contributed by atoms with Crippen LogP contribution in [0.3, 0.4) is 0 Å². The predicted octanol–water partition coefficient (Wildman–Crippen LogP) is 2.09. The second-order valence-corrected chi connectivity index (χ2v) is 6.71. The van der Waals surface area contributed by atoms with Crippen molar-refractivity contribution < 1.29 is 18.7 Å². The Labute approximate surface area is 145 Å². The number of benzene rings is 1. The lowest BCUT2D eigenvalue weighted by molar-refractivity contribution is -0.131. The summed E-state index contributed by atoms with van der Waals surface area (Å²) in [4.78, 5) is 23.7. The van der Waals surface area contributed by atoms with Gasteiger partial charge in [0.25, 0.3) is 5.91 Å². The summed E-state index contributed by atoms with van der Waals surface area (Å²) in [6.07, 6.45) is 5.92. The van der Waals surface area contributed by atoms with Crippen molar-refractivity contribution in [2.45, 2.75) is 44.6 Å². The van der Waals surface area contributed by atoms with Crippen LogP contribution in [-0.4, -0.2) is 31.0 Å². The van der Waals surface area contributed by atoms with Crippen LogP contribution in [-0.2, 0) is 22.4 Å². The summed E-state index contributed by atoms with van der Waals surface area (Å²) < 4.78 is 11.5. The van der Waals surface area contributed by atoms with Crippen molar-refractivity contribution in [3.63, 3.8) is 0 Å². The summed E-state index contributed by atoms with van der Waals surface area (Å²) >= 11 is 0. The minimum atomic E-state index is -0.451. The molecule has 4 rings (SSSR count). The van der Waals surface area contributed by atoms with E-state index in [0.29, 0.717) is 18.7 Å². The van der Waals surface area contributed by atoms with E-state index in [-0.39, 0.29) is 18.4 Å². The number of carbonyl (C=O) groups is 2. The van der Waals surface area contributed by atoms with Crippen molar-refractivity contribution in [2.75, 3.05) is 13.2 Å². The van der Waals surface area contributed by atoms with Gasteiger partial charge in [0, 0.05) is 23.9 Å². The Morgan fingerprint density at radius 3 is 3.04 bits per heavy atom. The molecule has 0 spiro atoms. The normalized spacial score (nSPS) is 20.0. The van der Waals surface area contributed by atoms with Crippen LogP contribution in [0.1, 0.15) is 37.0 Å². The van der Waals surface area contributed by atoms with E-state index in [0.717, 1.165) is 36.0 Å². The lowest BCUT2D eigenvalue weighted by Gasteiger charge is -2.22. The number of carbonyl (C=O) groups excluding carboxylic acids is 2. The van der Waals surface area contributed by atoms with Crippen molar-refractivity contribution in [1.82, 2.24) is 10.6 Å². The standard InChI is InChI=1S/C19H22N2O4/c22-18(21-15-5-3-9-20-19(15)23)11-24-12-7-8-17-14(10-12)13-4-1-2-6-16(13)25-17/h7-8,10,15H,1-6,9,11H2,(H,20,23)(H,21,22)/t15-/m1/s1. The zero-order valence-corrected chi connectivity index (χ0v) is 14.1. The van der Waals surface area contributed by atoms with Gasteiger partial charge >= 0.3 is 0 Å². The second-order valence-electron chi connectivity index (χ2n) is 6.71. The number of aryl methyl sites for hydroxylation is 2. The fourth-order valence-electron chi connectivity index (χ4n) is 3.63. The molecule has 6 nitrogen and oxygen atoms in total. The van der Waals surface area contributed by atoms with Crippen LogP contribution in [0.25, 0.3) is 11.0 Å². The number of nitrogens with one attached hydrogen (secondary N) is 2. The molecular weight excluding hydrogens is 320 g/mol. The molecule has 2 N–H and O–H groups in total. The van der Waals surface area contributed by atoms with E-state index >= 15 is 0 Å². The Morgan fingerprint density at radius 2 is 2.16 bits per heavy atom. The molecule has 1 aliphatic carbocycles.